The Morgan fingerprint density at radius 3 is 1.74 bits per heavy atom. The van der Waals surface area contributed by atoms with Crippen LogP contribution < -0.4 is 16.8 Å². The molecule has 4 rings (SSSR count). The Hall–Kier alpha value is -5.69. The summed E-state index contributed by atoms with van der Waals surface area (Å²) in [6.45, 7) is 7.08. The lowest BCUT2D eigenvalue weighted by Crippen LogP contribution is -2.27. The lowest BCUT2D eigenvalue weighted by molar-refractivity contribution is -0.118. The first-order valence-electron chi connectivity index (χ1n) is 14.9. The number of carbonyl (C=O) groups is 3. The first kappa shape index (κ1) is 35.8. The van der Waals surface area contributed by atoms with Gasteiger partial charge >= 0.3 is 6.09 Å². The van der Waals surface area contributed by atoms with E-state index in [0.717, 1.165) is 5.69 Å². The first-order chi connectivity index (χ1) is 22.5. The number of nitrogens with zero attached hydrogens (tertiary/aromatic N) is 6. The third-order valence-corrected chi connectivity index (χ3v) is 5.96. The lowest BCUT2D eigenvalue weighted by Gasteiger charge is -2.19. The van der Waals surface area contributed by atoms with Crippen molar-refractivity contribution in [3.05, 3.63) is 96.3 Å². The third kappa shape index (κ3) is 13.1. The predicted molar refractivity (Wildman–Crippen MR) is 181 cm³/mol. The molecule has 0 saturated carbocycles. The van der Waals surface area contributed by atoms with Gasteiger partial charge in [0.05, 0.1) is 42.1 Å². The number of azo groups is 2. The Morgan fingerprint density at radius 1 is 0.723 bits per heavy atom. The smallest absolute Gasteiger partial charge is 0.413 e. The number of nitrogens with one attached hydrogen (secondary N) is 1. The molecule has 5 N–H and O–H groups in total. The van der Waals surface area contributed by atoms with Crippen LogP contribution in [-0.4, -0.2) is 39.8 Å². The molecule has 0 aliphatic heterocycles. The topological polar surface area (TPSA) is 200 Å². The van der Waals surface area contributed by atoms with Crippen molar-refractivity contribution in [2.75, 3.05) is 17.6 Å². The van der Waals surface area contributed by atoms with Crippen LogP contribution in [0, 0.1) is 0 Å². The maximum Gasteiger partial charge on any atom is 0.413 e. The van der Waals surface area contributed by atoms with E-state index in [-0.39, 0.29) is 31.0 Å². The molecule has 0 fully saturated rings. The molecule has 0 spiro atoms. The number of rotatable bonds is 11. The maximum absolute atomic E-state index is 11.9. The summed E-state index contributed by atoms with van der Waals surface area (Å²) >= 11 is 0. The number of aromatic nitrogens is 2. The zero-order valence-corrected chi connectivity index (χ0v) is 26.9. The number of amides is 1. The number of Topliss-reactive ketones (excluding diaryl/α,β-unsaturated/α-hetero) is 2. The summed E-state index contributed by atoms with van der Waals surface area (Å²) in [7, 11) is 0. The average molecular weight is 638 g/mol. The Bertz CT molecular complexity index is 1700. The molecule has 2 heterocycles. The van der Waals surface area contributed by atoms with E-state index in [0.29, 0.717) is 46.5 Å². The molecule has 2 aromatic heterocycles. The highest BCUT2D eigenvalue weighted by Crippen LogP contribution is 2.25. The van der Waals surface area contributed by atoms with E-state index in [1.807, 2.05) is 60.7 Å². The second-order valence-corrected chi connectivity index (χ2v) is 11.1. The zero-order chi connectivity index (χ0) is 34.2. The molecule has 244 valence electrons. The van der Waals surface area contributed by atoms with Crippen LogP contribution in [0.3, 0.4) is 0 Å². The van der Waals surface area contributed by atoms with E-state index in [1.165, 1.54) is 0 Å². The molecular formula is C34H39N9O4. The van der Waals surface area contributed by atoms with Crippen molar-refractivity contribution in [3.63, 3.8) is 0 Å². The van der Waals surface area contributed by atoms with E-state index >= 15 is 0 Å². The zero-order valence-electron chi connectivity index (χ0n) is 26.9. The van der Waals surface area contributed by atoms with E-state index < -0.39 is 11.7 Å². The van der Waals surface area contributed by atoms with Crippen LogP contribution in [0.1, 0.15) is 45.5 Å². The Balaban J connectivity index is 0.000000267. The summed E-state index contributed by atoms with van der Waals surface area (Å²) in [5.74, 6) is 0.526. The van der Waals surface area contributed by atoms with E-state index in [1.54, 1.807) is 52.0 Å². The van der Waals surface area contributed by atoms with E-state index in [9.17, 15) is 14.4 Å². The Kier molecular flexibility index (Phi) is 13.5. The number of carbonyl (C=O) groups excluding carboxylic acids is 3. The van der Waals surface area contributed by atoms with Crippen molar-refractivity contribution >= 4 is 52.0 Å². The van der Waals surface area contributed by atoms with Gasteiger partial charge in [0, 0.05) is 6.42 Å². The van der Waals surface area contributed by atoms with Gasteiger partial charge in [0.25, 0.3) is 0 Å². The number of benzene rings is 2. The first-order valence-corrected chi connectivity index (χ1v) is 14.9. The van der Waals surface area contributed by atoms with Gasteiger partial charge in [-0.2, -0.15) is 10.2 Å². The normalized spacial score (nSPS) is 11.2. The molecule has 0 aliphatic carbocycles. The maximum atomic E-state index is 11.9. The minimum Gasteiger partial charge on any atom is -0.444 e. The number of pyridine rings is 2. The quantitative estimate of drug-likeness (QED) is 0.140. The number of nitrogen functional groups attached to an aromatic ring is 1. The summed E-state index contributed by atoms with van der Waals surface area (Å²) in [6.07, 6.45) is -0.00380. The van der Waals surface area contributed by atoms with Crippen molar-refractivity contribution in [3.8, 4) is 0 Å². The second kappa shape index (κ2) is 17.7. The van der Waals surface area contributed by atoms with Crippen LogP contribution >= 0.6 is 0 Å². The number of nitrogens with two attached hydrogens (primary N) is 2. The van der Waals surface area contributed by atoms with Crippen LogP contribution in [0.15, 0.2) is 105 Å². The SMILES string of the molecule is CCC(=O)Cc1nc(NC(=O)OC(C)(C)C)ccc1N=Nc1ccccc1.NCC(=O)Cc1nc(N)ccc1N=Nc1ccccc1. The summed E-state index contributed by atoms with van der Waals surface area (Å²) < 4.78 is 5.22. The van der Waals surface area contributed by atoms with E-state index in [2.05, 4.69) is 35.7 Å². The lowest BCUT2D eigenvalue weighted by atomic mass is 10.1. The highest BCUT2D eigenvalue weighted by molar-refractivity contribution is 5.85. The number of ketones is 2. The van der Waals surface area contributed by atoms with Crippen LogP contribution in [0.5, 0.6) is 0 Å². The third-order valence-electron chi connectivity index (χ3n) is 5.96. The molecule has 0 radical (unpaired) electrons. The molecule has 0 bridgehead atoms. The molecule has 13 nitrogen and oxygen atoms in total. The number of ether oxygens (including phenoxy) is 1. The standard InChI is InChI=1S/C20H24N4O3.C14H15N5O/c1-5-15(25)13-17-16(24-23-14-9-7-6-8-10-14)11-12-18(21-17)22-19(26)27-20(2,3)4;15-9-11(20)8-13-12(6-7-14(16)17-13)19-18-10-4-2-1-3-5-10/h6-12H,5,13H2,1-4H3,(H,21,22,26);1-7H,8-9,15H2,(H2,16,17). The molecule has 0 aliphatic rings. The number of hydrogen-bond acceptors (Lipinski definition) is 12. The second-order valence-electron chi connectivity index (χ2n) is 11.1. The Labute approximate surface area is 273 Å². The fourth-order valence-electron chi connectivity index (χ4n) is 3.71. The minimum absolute atomic E-state index is 0.0214. The molecule has 0 unspecified atom stereocenters. The van der Waals surface area contributed by atoms with Gasteiger partial charge in [0.15, 0.2) is 5.78 Å². The van der Waals surface area contributed by atoms with Gasteiger partial charge in [-0.05, 0) is 69.3 Å². The van der Waals surface area contributed by atoms with Gasteiger partial charge in [-0.15, -0.1) is 10.2 Å². The van der Waals surface area contributed by atoms with Crippen LogP contribution in [0.4, 0.5) is 39.2 Å². The van der Waals surface area contributed by atoms with Crippen LogP contribution in [-0.2, 0) is 27.2 Å². The van der Waals surface area contributed by atoms with Crippen molar-refractivity contribution in [2.24, 2.45) is 26.2 Å². The van der Waals surface area contributed by atoms with E-state index in [4.69, 9.17) is 16.2 Å². The molecule has 2 aromatic carbocycles. The van der Waals surface area contributed by atoms with Gasteiger partial charge in [-0.1, -0.05) is 43.3 Å². The molecule has 4 aromatic rings. The van der Waals surface area contributed by atoms with Crippen LogP contribution in [0.25, 0.3) is 0 Å². The molecule has 47 heavy (non-hydrogen) atoms. The van der Waals surface area contributed by atoms with Gasteiger partial charge in [-0.25, -0.2) is 14.8 Å². The molecule has 13 heteroatoms. The summed E-state index contributed by atoms with van der Waals surface area (Å²) in [4.78, 5) is 43.8. The number of hydrogen-bond donors (Lipinski definition) is 3. The minimum atomic E-state index is -0.616. The number of anilines is 2. The van der Waals surface area contributed by atoms with Crippen LogP contribution in [0.2, 0.25) is 0 Å². The molecule has 0 atom stereocenters. The largest absolute Gasteiger partial charge is 0.444 e. The molecule has 0 saturated heterocycles. The molecule has 1 amide bonds. The van der Waals surface area contributed by atoms with Crippen molar-refractivity contribution < 1.29 is 19.1 Å². The van der Waals surface area contributed by atoms with Crippen molar-refractivity contribution in [1.29, 1.82) is 0 Å². The van der Waals surface area contributed by atoms with Crippen molar-refractivity contribution in [2.45, 2.75) is 52.6 Å². The van der Waals surface area contributed by atoms with Crippen molar-refractivity contribution in [1.82, 2.24) is 9.97 Å². The fourth-order valence-corrected chi connectivity index (χ4v) is 3.71. The van der Waals surface area contributed by atoms with Gasteiger partial charge in [0.2, 0.25) is 0 Å². The molecular weight excluding hydrogens is 598 g/mol. The average Bonchev–Trinajstić information content (AvgIpc) is 3.04. The van der Waals surface area contributed by atoms with Gasteiger partial charge in [-0.3, -0.25) is 14.9 Å². The van der Waals surface area contributed by atoms with Gasteiger partial charge in [0.1, 0.15) is 34.4 Å². The van der Waals surface area contributed by atoms with Gasteiger partial charge < -0.3 is 16.2 Å². The highest BCUT2D eigenvalue weighted by atomic mass is 16.6. The summed E-state index contributed by atoms with van der Waals surface area (Å²) in [6, 6.07) is 25.2. The summed E-state index contributed by atoms with van der Waals surface area (Å²) in [5.41, 5.74) is 13.7. The predicted octanol–water partition coefficient (Wildman–Crippen LogP) is 7.52. The monoisotopic (exact) mass is 637 g/mol. The summed E-state index contributed by atoms with van der Waals surface area (Å²) in [5, 5.41) is 19.2. The Morgan fingerprint density at radius 2 is 1.23 bits per heavy atom. The fraction of sp³-hybridized carbons (Fsp3) is 0.265. The highest BCUT2D eigenvalue weighted by Gasteiger charge is 2.18.